The molecule has 2 heteroatoms. The number of aliphatic hydroxyl groups is 1. The van der Waals surface area contributed by atoms with Crippen LogP contribution in [0.15, 0.2) is 103 Å². The molecule has 0 aliphatic carbocycles. The topological polar surface area (TPSA) is 29.5 Å². The quantitative estimate of drug-likeness (QED) is 0.278. The molecule has 0 aliphatic heterocycles. The maximum absolute atomic E-state index is 8.40. The molecule has 0 atom stereocenters. The maximum Gasteiger partial charge on any atom is 0.119 e. The van der Waals surface area contributed by atoms with E-state index >= 15 is 0 Å². The number of benzene rings is 3. The molecule has 0 amide bonds. The van der Waals surface area contributed by atoms with Gasteiger partial charge in [0.25, 0.3) is 0 Å². The lowest BCUT2D eigenvalue weighted by Crippen LogP contribution is -2.00. The van der Waals surface area contributed by atoms with E-state index in [4.69, 9.17) is 9.84 Å². The zero-order valence-corrected chi connectivity index (χ0v) is 29.5. The van der Waals surface area contributed by atoms with Crippen LogP contribution < -0.4 is 4.74 Å². The van der Waals surface area contributed by atoms with E-state index in [0.29, 0.717) is 6.61 Å². The molecule has 3 aromatic carbocycles. The predicted octanol–water partition coefficient (Wildman–Crippen LogP) is 14.0. The van der Waals surface area contributed by atoms with E-state index in [9.17, 15) is 0 Å². The molecule has 3 aromatic rings. The fourth-order valence-corrected chi connectivity index (χ4v) is 2.13. The zero-order valence-electron chi connectivity index (χ0n) is 29.5. The average molecular weight is 589 g/mol. The van der Waals surface area contributed by atoms with Crippen molar-refractivity contribution in [2.45, 2.75) is 135 Å². The Balaban J connectivity index is -0.0000000696. The van der Waals surface area contributed by atoms with Crippen molar-refractivity contribution >= 4 is 0 Å². The minimum absolute atomic E-state index is 0. The van der Waals surface area contributed by atoms with Gasteiger partial charge in [0.15, 0.2) is 0 Å². The van der Waals surface area contributed by atoms with Crippen LogP contribution in [0.4, 0.5) is 0 Å². The highest BCUT2D eigenvalue weighted by molar-refractivity contribution is 5.20. The van der Waals surface area contributed by atoms with Gasteiger partial charge in [-0.2, -0.15) is 0 Å². The van der Waals surface area contributed by atoms with Crippen molar-refractivity contribution in [1.29, 1.82) is 0 Å². The summed E-state index contributed by atoms with van der Waals surface area (Å²) in [6.45, 7) is 25.4. The molecule has 0 aromatic heterocycles. The third kappa shape index (κ3) is 76.8. The van der Waals surface area contributed by atoms with Gasteiger partial charge in [0, 0.05) is 0 Å². The van der Waals surface area contributed by atoms with Gasteiger partial charge in [0.05, 0.1) is 6.61 Å². The highest BCUT2D eigenvalue weighted by Crippen LogP contribution is 2.07. The van der Waals surface area contributed by atoms with E-state index in [0.717, 1.165) is 5.75 Å². The van der Waals surface area contributed by atoms with Gasteiger partial charge in [-0.05, 0) is 12.1 Å². The molecule has 0 heterocycles. The van der Waals surface area contributed by atoms with Crippen molar-refractivity contribution in [3.63, 3.8) is 0 Å². The highest BCUT2D eigenvalue weighted by atomic mass is 16.5. The van der Waals surface area contributed by atoms with E-state index in [1.807, 2.05) is 145 Å². The molecular formula is C40H76O2. The lowest BCUT2D eigenvalue weighted by Gasteiger charge is -2.01. The molecule has 0 saturated heterocycles. The van der Waals surface area contributed by atoms with E-state index in [2.05, 4.69) is 41.5 Å². The molecule has 42 heavy (non-hydrogen) atoms. The largest absolute Gasteiger partial charge is 0.491 e. The lowest BCUT2D eigenvalue weighted by molar-refractivity contribution is 0.201. The van der Waals surface area contributed by atoms with Gasteiger partial charge in [-0.15, -0.1) is 0 Å². The first kappa shape index (κ1) is 55.4. The van der Waals surface area contributed by atoms with Crippen LogP contribution in [-0.2, 0) is 0 Å². The summed E-state index contributed by atoms with van der Waals surface area (Å²) in [4.78, 5) is 0. The third-order valence-corrected chi connectivity index (χ3v) is 3.64. The minimum Gasteiger partial charge on any atom is -0.491 e. The van der Waals surface area contributed by atoms with Crippen molar-refractivity contribution in [3.8, 4) is 5.75 Å². The van der Waals surface area contributed by atoms with Crippen LogP contribution in [0.1, 0.15) is 135 Å². The summed E-state index contributed by atoms with van der Waals surface area (Å²) in [5.41, 5.74) is 0. The van der Waals surface area contributed by atoms with E-state index in [1.165, 1.54) is 44.9 Å². The molecule has 0 radical (unpaired) electrons. The Labute approximate surface area is 267 Å². The fourth-order valence-electron chi connectivity index (χ4n) is 2.13. The van der Waals surface area contributed by atoms with Crippen LogP contribution in [0.2, 0.25) is 0 Å². The molecule has 0 aliphatic rings. The van der Waals surface area contributed by atoms with Crippen LogP contribution in [0.5, 0.6) is 5.75 Å². The summed E-state index contributed by atoms with van der Waals surface area (Å²) in [7, 11) is 0. The first-order chi connectivity index (χ1) is 20.2. The molecule has 0 unspecified atom stereocenters. The second-order valence-corrected chi connectivity index (χ2v) is 7.67. The second kappa shape index (κ2) is 71.6. The van der Waals surface area contributed by atoms with Gasteiger partial charge in [-0.25, -0.2) is 0 Å². The summed E-state index contributed by atoms with van der Waals surface area (Å²) >= 11 is 0. The molecule has 0 fully saturated rings. The smallest absolute Gasteiger partial charge is 0.119 e. The lowest BCUT2D eigenvalue weighted by atomic mass is 10.2. The zero-order chi connectivity index (χ0) is 32.7. The first-order valence-electron chi connectivity index (χ1n) is 16.5. The second-order valence-electron chi connectivity index (χ2n) is 7.67. The van der Waals surface area contributed by atoms with Crippen LogP contribution >= 0.6 is 0 Å². The van der Waals surface area contributed by atoms with Crippen LogP contribution in [0.25, 0.3) is 0 Å². The number of hydrogen-bond acceptors (Lipinski definition) is 2. The maximum atomic E-state index is 8.40. The number of hydrogen-bond donors (Lipinski definition) is 1. The van der Waals surface area contributed by atoms with E-state index in [-0.39, 0.29) is 14.0 Å². The summed E-state index contributed by atoms with van der Waals surface area (Å²) in [6.07, 6.45) is 9.51. The van der Waals surface area contributed by atoms with Gasteiger partial charge in [-0.1, -0.05) is 226 Å². The summed E-state index contributed by atoms with van der Waals surface area (Å²) in [5, 5.41) is 8.40. The first-order valence-corrected chi connectivity index (χ1v) is 16.5. The van der Waals surface area contributed by atoms with Crippen molar-refractivity contribution in [2.24, 2.45) is 0 Å². The standard InChI is InChI=1S/C8H10O2.C7H16.2C6H6.2C3H8.3C2H6.CH4/c9-6-7-10-8-4-2-1-3-5-8;1-3-5-7-6-4-2;2*1-2-4-6-5-3-1;2*1-3-2;3*1-2;/h1-5,9H,6-7H2;3-7H2,1-2H3;2*1-6H;2*3H2,1-2H3;3*1-2H3;1H4. The molecule has 3 rings (SSSR count). The van der Waals surface area contributed by atoms with Gasteiger partial charge >= 0.3 is 0 Å². The number of para-hydroxylation sites is 1. The van der Waals surface area contributed by atoms with Crippen molar-refractivity contribution in [3.05, 3.63) is 103 Å². The summed E-state index contributed by atoms with van der Waals surface area (Å²) in [5.74, 6) is 0.802. The van der Waals surface area contributed by atoms with Crippen molar-refractivity contribution in [1.82, 2.24) is 0 Å². The molecular weight excluding hydrogens is 512 g/mol. The number of rotatable bonds is 7. The van der Waals surface area contributed by atoms with Crippen molar-refractivity contribution in [2.75, 3.05) is 13.2 Å². The monoisotopic (exact) mass is 589 g/mol. The normalized spacial score (nSPS) is 7.36. The number of ether oxygens (including phenoxy) is 1. The number of unbranched alkanes of at least 4 members (excludes halogenated alkanes) is 4. The fraction of sp³-hybridized carbons (Fsp3) is 0.550. The Kier molecular flexibility index (Phi) is 94.3. The van der Waals surface area contributed by atoms with Gasteiger partial charge < -0.3 is 9.84 Å². The summed E-state index contributed by atoms with van der Waals surface area (Å²) < 4.78 is 5.11. The Morgan fingerprint density at radius 3 is 0.905 bits per heavy atom. The SMILES string of the molecule is C.CC.CC.CC.CCC.CCC.CCCCCCC.OCCOc1ccccc1.c1ccccc1.c1ccccc1. The molecule has 0 saturated carbocycles. The predicted molar refractivity (Wildman–Crippen MR) is 199 cm³/mol. The highest BCUT2D eigenvalue weighted by Gasteiger charge is 1.87. The molecule has 1 N–H and O–H groups in total. The van der Waals surface area contributed by atoms with E-state index in [1.54, 1.807) is 0 Å². The van der Waals surface area contributed by atoms with Gasteiger partial charge in [0.2, 0.25) is 0 Å². The van der Waals surface area contributed by atoms with Gasteiger partial charge in [-0.3, -0.25) is 0 Å². The Morgan fingerprint density at radius 2 is 0.690 bits per heavy atom. The van der Waals surface area contributed by atoms with Gasteiger partial charge in [0.1, 0.15) is 12.4 Å². The van der Waals surface area contributed by atoms with E-state index < -0.39 is 0 Å². The molecule has 2 nitrogen and oxygen atoms in total. The number of aliphatic hydroxyl groups excluding tert-OH is 1. The Morgan fingerprint density at radius 1 is 0.452 bits per heavy atom. The minimum atomic E-state index is 0. The molecule has 0 spiro atoms. The Hall–Kier alpha value is -2.58. The van der Waals surface area contributed by atoms with Crippen LogP contribution in [0, 0.1) is 0 Å². The van der Waals surface area contributed by atoms with Crippen LogP contribution in [-0.4, -0.2) is 18.3 Å². The average Bonchev–Trinajstić information content (AvgIpc) is 3.07. The Bertz CT molecular complexity index is 551. The molecule has 0 bridgehead atoms. The molecule has 248 valence electrons. The van der Waals surface area contributed by atoms with Crippen molar-refractivity contribution < 1.29 is 9.84 Å². The van der Waals surface area contributed by atoms with Crippen LogP contribution in [0.3, 0.4) is 0 Å². The summed E-state index contributed by atoms with van der Waals surface area (Å²) in [6, 6.07) is 33.4. The third-order valence-electron chi connectivity index (χ3n) is 3.64.